The zero-order valence-corrected chi connectivity index (χ0v) is 16.5. The second kappa shape index (κ2) is 7.59. The molecule has 27 heavy (non-hydrogen) atoms. The van der Waals surface area contributed by atoms with E-state index in [2.05, 4.69) is 35.4 Å². The van der Waals surface area contributed by atoms with Crippen molar-refractivity contribution in [1.29, 1.82) is 5.26 Å². The van der Waals surface area contributed by atoms with E-state index in [1.54, 1.807) is 47.4 Å². The summed E-state index contributed by atoms with van der Waals surface area (Å²) in [6, 6.07) is 15.3. The molecule has 5 nitrogen and oxygen atoms in total. The van der Waals surface area contributed by atoms with Gasteiger partial charge in [0.1, 0.15) is 0 Å². The number of hydrogen-bond donors (Lipinski definition) is 0. The van der Waals surface area contributed by atoms with E-state index >= 15 is 0 Å². The lowest BCUT2D eigenvalue weighted by molar-refractivity contribution is 0.0746. The molecule has 1 aromatic heterocycles. The van der Waals surface area contributed by atoms with E-state index in [4.69, 9.17) is 10.2 Å². The molecule has 136 valence electrons. The summed E-state index contributed by atoms with van der Waals surface area (Å²) in [5.41, 5.74) is 2.16. The van der Waals surface area contributed by atoms with Crippen molar-refractivity contribution in [3.05, 3.63) is 53.6 Å². The zero-order valence-electron chi connectivity index (χ0n) is 14.9. The van der Waals surface area contributed by atoms with E-state index in [1.807, 2.05) is 4.90 Å². The van der Waals surface area contributed by atoms with Gasteiger partial charge in [0.15, 0.2) is 5.13 Å². The van der Waals surface area contributed by atoms with Crippen LogP contribution in [0, 0.1) is 11.3 Å². The first-order valence-corrected chi connectivity index (χ1v) is 10.7. The van der Waals surface area contributed by atoms with Gasteiger partial charge in [-0.25, -0.2) is 4.98 Å². The quantitative estimate of drug-likeness (QED) is 0.632. The Kier molecular flexibility index (Phi) is 5.01. The van der Waals surface area contributed by atoms with Crippen molar-refractivity contribution < 1.29 is 4.79 Å². The highest BCUT2D eigenvalue weighted by molar-refractivity contribution is 7.98. The number of nitriles is 1. The normalized spacial score (nSPS) is 14.4. The number of para-hydroxylation sites is 1. The SMILES string of the molecule is CSc1cccc2sc(N3CCN(C(=O)c4cccc(C#N)c4)CC3)nc12. The number of thioether (sulfide) groups is 1. The molecule has 0 bridgehead atoms. The van der Waals surface area contributed by atoms with Gasteiger partial charge in [0.05, 0.1) is 21.8 Å². The summed E-state index contributed by atoms with van der Waals surface area (Å²) < 4.78 is 1.20. The van der Waals surface area contributed by atoms with Crippen LogP contribution in [-0.2, 0) is 0 Å². The first-order valence-electron chi connectivity index (χ1n) is 8.67. The second-order valence-corrected chi connectivity index (χ2v) is 8.13. The molecule has 3 aromatic rings. The van der Waals surface area contributed by atoms with Crippen molar-refractivity contribution in [2.45, 2.75) is 4.90 Å². The molecule has 0 radical (unpaired) electrons. The number of carbonyl (C=O) groups excluding carboxylic acids is 1. The number of rotatable bonds is 3. The number of fused-ring (bicyclic) bond motifs is 1. The fraction of sp³-hybridized carbons (Fsp3) is 0.250. The third-order valence-electron chi connectivity index (χ3n) is 4.67. The number of thiazole rings is 1. The Hall–Kier alpha value is -2.56. The van der Waals surface area contributed by atoms with Crippen LogP contribution < -0.4 is 4.90 Å². The minimum absolute atomic E-state index is 0.0132. The van der Waals surface area contributed by atoms with Gasteiger partial charge >= 0.3 is 0 Å². The third-order valence-corrected chi connectivity index (χ3v) is 6.52. The highest BCUT2D eigenvalue weighted by Gasteiger charge is 2.24. The first-order chi connectivity index (χ1) is 13.2. The highest BCUT2D eigenvalue weighted by atomic mass is 32.2. The Balaban J connectivity index is 1.47. The minimum atomic E-state index is -0.0132. The highest BCUT2D eigenvalue weighted by Crippen LogP contribution is 2.34. The topological polar surface area (TPSA) is 60.2 Å². The fourth-order valence-electron chi connectivity index (χ4n) is 3.22. The van der Waals surface area contributed by atoms with Crippen LogP contribution in [-0.4, -0.2) is 48.2 Å². The van der Waals surface area contributed by atoms with Crippen LogP contribution in [0.4, 0.5) is 5.13 Å². The van der Waals surface area contributed by atoms with Gasteiger partial charge in [-0.2, -0.15) is 5.26 Å². The van der Waals surface area contributed by atoms with Crippen molar-refractivity contribution in [2.24, 2.45) is 0 Å². The number of piperazine rings is 1. The molecule has 0 atom stereocenters. The Morgan fingerprint density at radius 2 is 1.96 bits per heavy atom. The summed E-state index contributed by atoms with van der Waals surface area (Å²) in [5.74, 6) is -0.0132. The van der Waals surface area contributed by atoms with Gasteiger partial charge in [0.25, 0.3) is 5.91 Å². The monoisotopic (exact) mass is 394 g/mol. The van der Waals surface area contributed by atoms with E-state index < -0.39 is 0 Å². The molecular formula is C20H18N4OS2. The summed E-state index contributed by atoms with van der Waals surface area (Å²) in [6.07, 6.45) is 2.07. The lowest BCUT2D eigenvalue weighted by atomic mass is 10.1. The average molecular weight is 395 g/mol. The summed E-state index contributed by atoms with van der Waals surface area (Å²) in [5, 5.41) is 10.0. The molecule has 0 N–H and O–H groups in total. The predicted octanol–water partition coefficient (Wildman–Crippen LogP) is 3.85. The van der Waals surface area contributed by atoms with Crippen molar-refractivity contribution in [3.8, 4) is 6.07 Å². The second-order valence-electron chi connectivity index (χ2n) is 6.28. The van der Waals surface area contributed by atoms with E-state index in [0.29, 0.717) is 24.2 Å². The lowest BCUT2D eigenvalue weighted by Gasteiger charge is -2.34. The molecule has 1 fully saturated rings. The number of benzene rings is 2. The lowest BCUT2D eigenvalue weighted by Crippen LogP contribution is -2.48. The van der Waals surface area contributed by atoms with Crippen LogP contribution in [0.3, 0.4) is 0 Å². The number of carbonyl (C=O) groups is 1. The van der Waals surface area contributed by atoms with Gasteiger partial charge in [0.2, 0.25) is 0 Å². The van der Waals surface area contributed by atoms with Gasteiger partial charge in [-0.3, -0.25) is 4.79 Å². The number of anilines is 1. The standard InChI is InChI=1S/C20H18N4OS2/c1-26-16-6-3-7-17-18(16)22-20(27-17)24-10-8-23(9-11-24)19(25)15-5-2-4-14(12-15)13-21/h2-7,12H,8-11H2,1H3. The number of amides is 1. The predicted molar refractivity (Wildman–Crippen MR) is 111 cm³/mol. The summed E-state index contributed by atoms with van der Waals surface area (Å²) in [7, 11) is 0. The molecule has 2 heterocycles. The van der Waals surface area contributed by atoms with Crippen molar-refractivity contribution in [1.82, 2.24) is 9.88 Å². The van der Waals surface area contributed by atoms with Gasteiger partial charge in [-0.05, 0) is 36.6 Å². The maximum atomic E-state index is 12.7. The molecule has 1 aliphatic rings. The van der Waals surface area contributed by atoms with E-state index in [9.17, 15) is 4.79 Å². The van der Waals surface area contributed by atoms with E-state index in [1.165, 1.54) is 9.60 Å². The number of hydrogen-bond acceptors (Lipinski definition) is 6. The summed E-state index contributed by atoms with van der Waals surface area (Å²) >= 11 is 3.42. The smallest absolute Gasteiger partial charge is 0.254 e. The van der Waals surface area contributed by atoms with E-state index in [0.717, 1.165) is 23.7 Å². The van der Waals surface area contributed by atoms with E-state index in [-0.39, 0.29) is 5.91 Å². The largest absolute Gasteiger partial charge is 0.345 e. The first kappa shape index (κ1) is 17.8. The maximum Gasteiger partial charge on any atom is 0.254 e. The molecule has 0 saturated carbocycles. The van der Waals surface area contributed by atoms with Crippen LogP contribution in [0.15, 0.2) is 47.4 Å². The van der Waals surface area contributed by atoms with Crippen molar-refractivity contribution in [2.75, 3.05) is 37.3 Å². The molecule has 1 amide bonds. The third kappa shape index (κ3) is 3.51. The average Bonchev–Trinajstić information content (AvgIpc) is 3.18. The van der Waals surface area contributed by atoms with Crippen LogP contribution in [0.1, 0.15) is 15.9 Å². The number of aromatic nitrogens is 1. The van der Waals surface area contributed by atoms with Gasteiger partial charge < -0.3 is 9.80 Å². The van der Waals surface area contributed by atoms with Gasteiger partial charge in [0, 0.05) is 36.6 Å². The van der Waals surface area contributed by atoms with Crippen LogP contribution in [0.2, 0.25) is 0 Å². The fourth-order valence-corrected chi connectivity index (χ4v) is 4.89. The molecule has 4 rings (SSSR count). The molecule has 0 aliphatic carbocycles. The molecule has 7 heteroatoms. The Morgan fingerprint density at radius 3 is 2.70 bits per heavy atom. The van der Waals surface area contributed by atoms with Gasteiger partial charge in [-0.15, -0.1) is 11.8 Å². The molecule has 0 unspecified atom stereocenters. The van der Waals surface area contributed by atoms with Gasteiger partial charge in [-0.1, -0.05) is 23.5 Å². The molecule has 1 saturated heterocycles. The summed E-state index contributed by atoms with van der Waals surface area (Å²) in [6.45, 7) is 2.83. The zero-order chi connectivity index (χ0) is 18.8. The Labute approximate surface area is 166 Å². The summed E-state index contributed by atoms with van der Waals surface area (Å²) in [4.78, 5) is 22.9. The Bertz CT molecular complexity index is 1030. The van der Waals surface area contributed by atoms with Crippen LogP contribution in [0.5, 0.6) is 0 Å². The van der Waals surface area contributed by atoms with Crippen molar-refractivity contribution in [3.63, 3.8) is 0 Å². The minimum Gasteiger partial charge on any atom is -0.345 e. The molecule has 0 spiro atoms. The maximum absolute atomic E-state index is 12.7. The number of nitrogens with zero attached hydrogens (tertiary/aromatic N) is 4. The van der Waals surface area contributed by atoms with Crippen LogP contribution in [0.25, 0.3) is 10.2 Å². The van der Waals surface area contributed by atoms with Crippen molar-refractivity contribution >= 4 is 44.4 Å². The molecule has 2 aromatic carbocycles. The molecule has 1 aliphatic heterocycles. The van der Waals surface area contributed by atoms with Crippen LogP contribution >= 0.6 is 23.1 Å². The Morgan fingerprint density at radius 1 is 1.19 bits per heavy atom. The molecular weight excluding hydrogens is 376 g/mol.